The number of benzene rings is 1. The SMILES string of the molecule is O=C(NCc1ccccc1)C1CCN(c2cc(C(F)(F)F)ncn2)CC1. The normalized spacial score (nSPS) is 15.7. The standard InChI is InChI=1S/C18H19F3N4O/c19-18(20,21)15-10-16(24-12-23-15)25-8-6-14(7-9-25)17(26)22-11-13-4-2-1-3-5-13/h1-5,10,12,14H,6-9,11H2,(H,22,26). The summed E-state index contributed by atoms with van der Waals surface area (Å²) in [6, 6.07) is 10.6. The van der Waals surface area contributed by atoms with Crippen molar-refractivity contribution in [3.8, 4) is 0 Å². The Kier molecular flexibility index (Phi) is 5.39. The van der Waals surface area contributed by atoms with Crippen LogP contribution in [0.1, 0.15) is 24.1 Å². The molecule has 138 valence electrons. The lowest BCUT2D eigenvalue weighted by molar-refractivity contribution is -0.141. The summed E-state index contributed by atoms with van der Waals surface area (Å²) in [6.45, 7) is 1.44. The summed E-state index contributed by atoms with van der Waals surface area (Å²) in [6.07, 6.45) is -2.41. The van der Waals surface area contributed by atoms with Crippen LogP contribution in [0.25, 0.3) is 0 Å². The van der Waals surface area contributed by atoms with Crippen LogP contribution in [-0.4, -0.2) is 29.0 Å². The fourth-order valence-electron chi connectivity index (χ4n) is 2.98. The lowest BCUT2D eigenvalue weighted by atomic mass is 9.96. The first-order valence-electron chi connectivity index (χ1n) is 8.39. The maximum Gasteiger partial charge on any atom is 0.433 e. The van der Waals surface area contributed by atoms with Crippen LogP contribution < -0.4 is 10.2 Å². The van der Waals surface area contributed by atoms with E-state index in [1.54, 1.807) is 4.90 Å². The van der Waals surface area contributed by atoms with Crippen LogP contribution in [-0.2, 0) is 17.5 Å². The predicted octanol–water partition coefficient (Wildman–Crippen LogP) is 3.03. The summed E-state index contributed by atoms with van der Waals surface area (Å²) < 4.78 is 38.3. The number of carbonyl (C=O) groups excluding carboxylic acids is 1. The van der Waals surface area contributed by atoms with Crippen LogP contribution >= 0.6 is 0 Å². The molecule has 26 heavy (non-hydrogen) atoms. The number of hydrogen-bond acceptors (Lipinski definition) is 4. The van der Waals surface area contributed by atoms with Gasteiger partial charge in [-0.3, -0.25) is 4.79 Å². The molecule has 0 atom stereocenters. The molecular formula is C18H19F3N4O. The number of hydrogen-bond donors (Lipinski definition) is 1. The van der Waals surface area contributed by atoms with E-state index in [0.29, 0.717) is 32.5 Å². The van der Waals surface area contributed by atoms with E-state index in [1.165, 1.54) is 0 Å². The summed E-state index contributed by atoms with van der Waals surface area (Å²) >= 11 is 0. The molecule has 2 aromatic rings. The van der Waals surface area contributed by atoms with Crippen molar-refractivity contribution in [2.24, 2.45) is 5.92 Å². The smallest absolute Gasteiger partial charge is 0.356 e. The number of aromatic nitrogens is 2. The van der Waals surface area contributed by atoms with Gasteiger partial charge in [0.15, 0.2) is 0 Å². The number of alkyl halides is 3. The van der Waals surface area contributed by atoms with Gasteiger partial charge in [-0.05, 0) is 18.4 Å². The second-order valence-corrected chi connectivity index (χ2v) is 6.22. The fraction of sp³-hybridized carbons (Fsp3) is 0.389. The van der Waals surface area contributed by atoms with E-state index in [0.717, 1.165) is 18.0 Å². The third-order valence-corrected chi connectivity index (χ3v) is 4.44. The number of carbonyl (C=O) groups is 1. The van der Waals surface area contributed by atoms with Crippen molar-refractivity contribution < 1.29 is 18.0 Å². The summed E-state index contributed by atoms with van der Waals surface area (Å²) in [5.41, 5.74) is 0.0733. The first kappa shape index (κ1) is 18.2. The van der Waals surface area contributed by atoms with Crippen molar-refractivity contribution in [2.75, 3.05) is 18.0 Å². The molecule has 1 amide bonds. The molecule has 8 heteroatoms. The molecule has 0 aliphatic carbocycles. The van der Waals surface area contributed by atoms with Gasteiger partial charge in [0.1, 0.15) is 17.8 Å². The molecule has 5 nitrogen and oxygen atoms in total. The summed E-state index contributed by atoms with van der Waals surface area (Å²) in [7, 11) is 0. The molecule has 1 aliphatic heterocycles. The van der Waals surface area contributed by atoms with E-state index in [9.17, 15) is 18.0 Å². The summed E-state index contributed by atoms with van der Waals surface area (Å²) in [4.78, 5) is 21.3. The first-order chi connectivity index (χ1) is 12.4. The third kappa shape index (κ3) is 4.50. The molecule has 1 fully saturated rings. The minimum Gasteiger partial charge on any atom is -0.356 e. The number of piperidine rings is 1. The maximum atomic E-state index is 12.8. The fourth-order valence-corrected chi connectivity index (χ4v) is 2.98. The maximum absolute atomic E-state index is 12.8. The number of amides is 1. The van der Waals surface area contributed by atoms with Gasteiger partial charge in [0.25, 0.3) is 0 Å². The molecule has 0 saturated carbocycles. The Balaban J connectivity index is 1.53. The van der Waals surface area contributed by atoms with Gasteiger partial charge >= 0.3 is 6.18 Å². The highest BCUT2D eigenvalue weighted by Gasteiger charge is 2.34. The second-order valence-electron chi connectivity index (χ2n) is 6.22. The van der Waals surface area contributed by atoms with Gasteiger partial charge < -0.3 is 10.2 Å². The predicted molar refractivity (Wildman–Crippen MR) is 90.3 cm³/mol. The Labute approximate surface area is 149 Å². The van der Waals surface area contributed by atoms with Gasteiger partial charge in [0.2, 0.25) is 5.91 Å². The second kappa shape index (κ2) is 7.72. The van der Waals surface area contributed by atoms with E-state index in [1.807, 2.05) is 30.3 Å². The van der Waals surface area contributed by atoms with Crippen molar-refractivity contribution in [1.29, 1.82) is 0 Å². The van der Waals surface area contributed by atoms with Gasteiger partial charge in [-0.1, -0.05) is 30.3 Å². The van der Waals surface area contributed by atoms with Crippen LogP contribution in [0.4, 0.5) is 19.0 Å². The average Bonchev–Trinajstić information content (AvgIpc) is 2.66. The monoisotopic (exact) mass is 364 g/mol. The van der Waals surface area contributed by atoms with Gasteiger partial charge in [-0.15, -0.1) is 0 Å². The minimum absolute atomic E-state index is 0.0211. The Hall–Kier alpha value is -2.64. The van der Waals surface area contributed by atoms with Crippen LogP contribution in [0.5, 0.6) is 0 Å². The Morgan fingerprint density at radius 2 is 1.85 bits per heavy atom. The number of anilines is 1. The Morgan fingerprint density at radius 3 is 2.50 bits per heavy atom. The van der Waals surface area contributed by atoms with Gasteiger partial charge in [-0.25, -0.2) is 9.97 Å². The van der Waals surface area contributed by atoms with Crippen LogP contribution in [0.2, 0.25) is 0 Å². The largest absolute Gasteiger partial charge is 0.433 e. The molecule has 0 radical (unpaired) electrons. The number of nitrogens with one attached hydrogen (secondary N) is 1. The van der Waals surface area contributed by atoms with Crippen molar-refractivity contribution >= 4 is 11.7 Å². The van der Waals surface area contributed by atoms with Crippen LogP contribution in [0, 0.1) is 5.92 Å². The molecule has 0 spiro atoms. The number of rotatable bonds is 4. The van der Waals surface area contributed by atoms with Gasteiger partial charge in [0, 0.05) is 31.6 Å². The number of nitrogens with zero attached hydrogens (tertiary/aromatic N) is 3. The molecule has 1 saturated heterocycles. The quantitative estimate of drug-likeness (QED) is 0.906. The van der Waals surface area contributed by atoms with Gasteiger partial charge in [-0.2, -0.15) is 13.2 Å². The molecule has 3 rings (SSSR count). The Morgan fingerprint density at radius 1 is 1.15 bits per heavy atom. The summed E-state index contributed by atoms with van der Waals surface area (Å²) in [5.74, 6) is 0.0847. The lowest BCUT2D eigenvalue weighted by Crippen LogP contribution is -2.40. The van der Waals surface area contributed by atoms with Crippen molar-refractivity contribution in [1.82, 2.24) is 15.3 Å². The van der Waals surface area contributed by atoms with Crippen molar-refractivity contribution in [2.45, 2.75) is 25.6 Å². The zero-order valence-electron chi connectivity index (χ0n) is 14.0. The van der Waals surface area contributed by atoms with Crippen molar-refractivity contribution in [3.05, 3.63) is 54.0 Å². The van der Waals surface area contributed by atoms with E-state index >= 15 is 0 Å². The molecule has 1 N–H and O–H groups in total. The highest BCUT2D eigenvalue weighted by molar-refractivity contribution is 5.79. The topological polar surface area (TPSA) is 58.1 Å². The Bertz CT molecular complexity index is 744. The average molecular weight is 364 g/mol. The van der Waals surface area contributed by atoms with Crippen LogP contribution in [0.3, 0.4) is 0 Å². The number of halogens is 3. The minimum atomic E-state index is -4.49. The van der Waals surface area contributed by atoms with E-state index in [2.05, 4.69) is 15.3 Å². The third-order valence-electron chi connectivity index (χ3n) is 4.44. The summed E-state index contributed by atoms with van der Waals surface area (Å²) in [5, 5.41) is 2.92. The first-order valence-corrected chi connectivity index (χ1v) is 8.39. The molecule has 2 heterocycles. The zero-order valence-corrected chi connectivity index (χ0v) is 14.0. The van der Waals surface area contributed by atoms with Crippen molar-refractivity contribution in [3.63, 3.8) is 0 Å². The van der Waals surface area contributed by atoms with Gasteiger partial charge in [0.05, 0.1) is 0 Å². The molecule has 0 unspecified atom stereocenters. The molecule has 0 bridgehead atoms. The highest BCUT2D eigenvalue weighted by Crippen LogP contribution is 2.30. The molecule has 1 aromatic carbocycles. The van der Waals surface area contributed by atoms with E-state index in [-0.39, 0.29) is 17.6 Å². The van der Waals surface area contributed by atoms with E-state index in [4.69, 9.17) is 0 Å². The van der Waals surface area contributed by atoms with Crippen LogP contribution in [0.15, 0.2) is 42.7 Å². The highest BCUT2D eigenvalue weighted by atomic mass is 19.4. The molecule has 1 aromatic heterocycles. The lowest BCUT2D eigenvalue weighted by Gasteiger charge is -2.32. The molecule has 1 aliphatic rings. The van der Waals surface area contributed by atoms with E-state index < -0.39 is 11.9 Å². The zero-order chi connectivity index (χ0) is 18.6. The molecular weight excluding hydrogens is 345 g/mol.